The Hall–Kier alpha value is -1.84. The number of pyridine rings is 1. The predicted molar refractivity (Wildman–Crippen MR) is 60.3 cm³/mol. The van der Waals surface area contributed by atoms with E-state index < -0.39 is 0 Å². The zero-order chi connectivity index (χ0) is 10.6. The van der Waals surface area contributed by atoms with Crippen LogP contribution >= 0.6 is 0 Å². The maximum atomic E-state index is 5.54. The zero-order valence-electron chi connectivity index (χ0n) is 8.41. The minimum Gasteiger partial charge on any atom is -0.397 e. The normalized spacial score (nSPS) is 12.3. The number of hydrogen-bond donors (Lipinski definition) is 2. The standard InChI is InChI=1S/C8H8N4.C2H6/c1-5-8-7(12-4-11-5)2-6(9)3-10-8;1-2/h2-4H,1,9H2,(H,11,12);1-2H3. The van der Waals surface area contributed by atoms with Crippen LogP contribution in [-0.4, -0.2) is 11.3 Å². The Kier molecular flexibility index (Phi) is 3.23. The van der Waals surface area contributed by atoms with Crippen LogP contribution in [-0.2, 0) is 0 Å². The first-order chi connectivity index (χ1) is 6.77. The van der Waals surface area contributed by atoms with Crippen molar-refractivity contribution in [2.75, 3.05) is 5.73 Å². The van der Waals surface area contributed by atoms with Crippen LogP contribution in [0.3, 0.4) is 0 Å². The molecule has 74 valence electrons. The van der Waals surface area contributed by atoms with Crippen LogP contribution in [0.15, 0.2) is 23.8 Å². The number of nitrogens with one attached hydrogen (secondary N) is 1. The molecule has 0 bridgehead atoms. The Morgan fingerprint density at radius 1 is 1.43 bits per heavy atom. The molecule has 0 saturated carbocycles. The summed E-state index contributed by atoms with van der Waals surface area (Å²) in [7, 11) is 0. The number of rotatable bonds is 0. The third-order valence-electron chi connectivity index (χ3n) is 1.62. The van der Waals surface area contributed by atoms with Gasteiger partial charge in [-0.25, -0.2) is 4.99 Å². The quantitative estimate of drug-likeness (QED) is 0.657. The Balaban J connectivity index is 0.000000461. The SMILES string of the molecule is C=C1NC=Nc2cc(N)cnc21.CC. The van der Waals surface area contributed by atoms with Crippen molar-refractivity contribution in [3.63, 3.8) is 0 Å². The van der Waals surface area contributed by atoms with Gasteiger partial charge in [0.2, 0.25) is 0 Å². The third kappa shape index (κ3) is 1.90. The lowest BCUT2D eigenvalue weighted by molar-refractivity contribution is 1.17. The van der Waals surface area contributed by atoms with Crippen LogP contribution in [0.25, 0.3) is 5.70 Å². The Bertz CT molecular complexity index is 368. The molecule has 0 atom stereocenters. The monoisotopic (exact) mass is 190 g/mol. The molecule has 0 unspecified atom stereocenters. The number of nitrogen functional groups attached to an aromatic ring is 1. The molecule has 1 aromatic rings. The highest BCUT2D eigenvalue weighted by molar-refractivity contribution is 5.85. The van der Waals surface area contributed by atoms with E-state index in [0.29, 0.717) is 5.69 Å². The molecule has 0 fully saturated rings. The topological polar surface area (TPSA) is 63.3 Å². The lowest BCUT2D eigenvalue weighted by Gasteiger charge is -2.12. The van der Waals surface area contributed by atoms with Gasteiger partial charge >= 0.3 is 0 Å². The first-order valence-electron chi connectivity index (χ1n) is 4.51. The summed E-state index contributed by atoms with van der Waals surface area (Å²) in [6.07, 6.45) is 3.16. The molecule has 4 nitrogen and oxygen atoms in total. The van der Waals surface area contributed by atoms with E-state index in [1.54, 1.807) is 18.6 Å². The molecule has 0 aromatic carbocycles. The van der Waals surface area contributed by atoms with E-state index in [2.05, 4.69) is 21.9 Å². The second kappa shape index (κ2) is 4.41. The van der Waals surface area contributed by atoms with E-state index in [1.807, 2.05) is 13.8 Å². The maximum absolute atomic E-state index is 5.54. The van der Waals surface area contributed by atoms with Crippen molar-refractivity contribution in [3.8, 4) is 0 Å². The maximum Gasteiger partial charge on any atom is 0.112 e. The van der Waals surface area contributed by atoms with Gasteiger partial charge in [-0.1, -0.05) is 20.4 Å². The fourth-order valence-electron chi connectivity index (χ4n) is 1.05. The van der Waals surface area contributed by atoms with E-state index in [1.165, 1.54) is 0 Å². The molecule has 1 aliphatic heterocycles. The molecular formula is C10H14N4. The summed E-state index contributed by atoms with van der Waals surface area (Å²) < 4.78 is 0. The predicted octanol–water partition coefficient (Wildman–Crippen LogP) is 1.92. The third-order valence-corrected chi connectivity index (χ3v) is 1.62. The van der Waals surface area contributed by atoms with Gasteiger partial charge in [-0.15, -0.1) is 0 Å². The summed E-state index contributed by atoms with van der Waals surface area (Å²) in [5, 5.41) is 2.87. The highest BCUT2D eigenvalue weighted by Crippen LogP contribution is 2.25. The Morgan fingerprint density at radius 3 is 2.86 bits per heavy atom. The van der Waals surface area contributed by atoms with Crippen LogP contribution in [0.2, 0.25) is 0 Å². The van der Waals surface area contributed by atoms with Crippen molar-refractivity contribution >= 4 is 23.4 Å². The number of fused-ring (bicyclic) bond motifs is 1. The van der Waals surface area contributed by atoms with Gasteiger partial charge in [0.15, 0.2) is 0 Å². The average Bonchev–Trinajstić information content (AvgIpc) is 2.21. The van der Waals surface area contributed by atoms with Crippen molar-refractivity contribution in [1.82, 2.24) is 10.3 Å². The highest BCUT2D eigenvalue weighted by atomic mass is 15.0. The number of nitrogens with two attached hydrogens (primary N) is 1. The molecule has 4 heteroatoms. The first kappa shape index (κ1) is 10.2. The van der Waals surface area contributed by atoms with Gasteiger partial charge in [-0.2, -0.15) is 0 Å². The summed E-state index contributed by atoms with van der Waals surface area (Å²) >= 11 is 0. The van der Waals surface area contributed by atoms with Crippen LogP contribution in [0.1, 0.15) is 19.5 Å². The van der Waals surface area contributed by atoms with Crippen molar-refractivity contribution in [1.29, 1.82) is 0 Å². The van der Waals surface area contributed by atoms with E-state index in [9.17, 15) is 0 Å². The van der Waals surface area contributed by atoms with Crippen LogP contribution < -0.4 is 11.1 Å². The summed E-state index contributed by atoms with van der Waals surface area (Å²) in [6, 6.07) is 1.77. The molecular weight excluding hydrogens is 176 g/mol. The average molecular weight is 190 g/mol. The van der Waals surface area contributed by atoms with E-state index in [4.69, 9.17) is 5.73 Å². The van der Waals surface area contributed by atoms with Crippen LogP contribution in [0, 0.1) is 0 Å². The lowest BCUT2D eigenvalue weighted by atomic mass is 10.2. The van der Waals surface area contributed by atoms with Crippen molar-refractivity contribution in [2.45, 2.75) is 13.8 Å². The van der Waals surface area contributed by atoms with Crippen molar-refractivity contribution in [2.24, 2.45) is 4.99 Å². The van der Waals surface area contributed by atoms with E-state index >= 15 is 0 Å². The molecule has 0 spiro atoms. The van der Waals surface area contributed by atoms with Gasteiger partial charge in [-0.3, -0.25) is 4.98 Å². The largest absolute Gasteiger partial charge is 0.397 e. The summed E-state index contributed by atoms with van der Waals surface area (Å²) in [4.78, 5) is 8.16. The van der Waals surface area contributed by atoms with Gasteiger partial charge in [0.25, 0.3) is 0 Å². The second-order valence-electron chi connectivity index (χ2n) is 2.52. The molecule has 14 heavy (non-hydrogen) atoms. The van der Waals surface area contributed by atoms with Gasteiger partial charge in [0, 0.05) is 0 Å². The molecule has 0 amide bonds. The Labute approximate surface area is 83.6 Å². The smallest absolute Gasteiger partial charge is 0.112 e. The van der Waals surface area contributed by atoms with Crippen molar-refractivity contribution < 1.29 is 0 Å². The number of hydrogen-bond acceptors (Lipinski definition) is 4. The van der Waals surface area contributed by atoms with Gasteiger partial charge < -0.3 is 11.1 Å². The molecule has 3 N–H and O–H groups in total. The second-order valence-corrected chi connectivity index (χ2v) is 2.52. The molecule has 2 rings (SSSR count). The summed E-state index contributed by atoms with van der Waals surface area (Å²) in [6.45, 7) is 7.78. The zero-order valence-corrected chi connectivity index (χ0v) is 8.41. The fraction of sp³-hybridized carbons (Fsp3) is 0.200. The molecule has 0 aliphatic carbocycles. The minimum atomic E-state index is 0.612. The summed E-state index contributed by atoms with van der Waals surface area (Å²) in [5.74, 6) is 0. The highest BCUT2D eigenvalue weighted by Gasteiger charge is 2.09. The lowest BCUT2D eigenvalue weighted by Crippen LogP contribution is -2.13. The Morgan fingerprint density at radius 2 is 2.14 bits per heavy atom. The number of nitrogens with zero attached hydrogens (tertiary/aromatic N) is 2. The fourth-order valence-corrected chi connectivity index (χ4v) is 1.05. The molecule has 1 aromatic heterocycles. The first-order valence-corrected chi connectivity index (χ1v) is 4.51. The molecule has 0 radical (unpaired) electrons. The molecule has 0 saturated heterocycles. The number of aliphatic imine (C=N–C) groups is 1. The van der Waals surface area contributed by atoms with E-state index in [0.717, 1.165) is 17.1 Å². The summed E-state index contributed by atoms with van der Waals surface area (Å²) in [5.41, 5.74) is 8.42. The van der Waals surface area contributed by atoms with Crippen LogP contribution in [0.5, 0.6) is 0 Å². The van der Waals surface area contributed by atoms with Gasteiger partial charge in [0.05, 0.1) is 29.6 Å². The van der Waals surface area contributed by atoms with Crippen LogP contribution in [0.4, 0.5) is 11.4 Å². The van der Waals surface area contributed by atoms with Gasteiger partial charge in [0.1, 0.15) is 5.69 Å². The molecule has 2 heterocycles. The van der Waals surface area contributed by atoms with Crippen molar-refractivity contribution in [3.05, 3.63) is 24.5 Å². The number of aromatic nitrogens is 1. The minimum absolute atomic E-state index is 0.612. The van der Waals surface area contributed by atoms with E-state index in [-0.39, 0.29) is 0 Å². The van der Waals surface area contributed by atoms with Gasteiger partial charge in [-0.05, 0) is 6.07 Å². The number of anilines is 1. The molecule has 1 aliphatic rings.